The maximum atomic E-state index is 12.7. The predicted octanol–water partition coefficient (Wildman–Crippen LogP) is 2.53. The van der Waals surface area contributed by atoms with Crippen LogP contribution >= 0.6 is 0 Å². The number of fused-ring (bicyclic) bond motifs is 1. The number of carboxylic acids is 2. The number of carboxylic acid groups (broad SMARTS) is 2. The first-order valence-electron chi connectivity index (χ1n) is 7.01. The van der Waals surface area contributed by atoms with Crippen molar-refractivity contribution in [2.24, 2.45) is 5.41 Å². The molecule has 21 heavy (non-hydrogen) atoms. The molecule has 0 spiro atoms. The van der Waals surface area contributed by atoms with Gasteiger partial charge in [0, 0.05) is 17.4 Å². The van der Waals surface area contributed by atoms with Gasteiger partial charge in [-0.2, -0.15) is 0 Å². The highest BCUT2D eigenvalue weighted by molar-refractivity contribution is 6.04. The molecule has 5 nitrogen and oxygen atoms in total. The van der Waals surface area contributed by atoms with Crippen LogP contribution in [0.3, 0.4) is 0 Å². The summed E-state index contributed by atoms with van der Waals surface area (Å²) in [5.74, 6) is -2.10. The SMILES string of the molecule is O=C(O)CCCC1(CC(=O)O)CCc2ccccc2C1=O. The molecule has 0 heterocycles. The maximum Gasteiger partial charge on any atom is 0.304 e. The summed E-state index contributed by atoms with van der Waals surface area (Å²) < 4.78 is 0. The van der Waals surface area contributed by atoms with Crippen molar-refractivity contribution in [2.75, 3.05) is 0 Å². The number of hydrogen-bond acceptors (Lipinski definition) is 3. The third kappa shape index (κ3) is 3.29. The van der Waals surface area contributed by atoms with Crippen LogP contribution in [0.1, 0.15) is 48.0 Å². The Morgan fingerprint density at radius 1 is 1.14 bits per heavy atom. The van der Waals surface area contributed by atoms with E-state index in [1.807, 2.05) is 12.1 Å². The fourth-order valence-electron chi connectivity index (χ4n) is 3.10. The molecule has 0 bridgehead atoms. The molecule has 1 atom stereocenters. The van der Waals surface area contributed by atoms with E-state index in [0.29, 0.717) is 31.2 Å². The first kappa shape index (κ1) is 15.2. The number of Topliss-reactive ketones (excluding diaryl/α,β-unsaturated/α-hetero) is 1. The van der Waals surface area contributed by atoms with Crippen LogP contribution in [0.2, 0.25) is 0 Å². The van der Waals surface area contributed by atoms with Gasteiger partial charge in [0.15, 0.2) is 5.78 Å². The molecule has 1 aromatic rings. The Bertz CT molecular complexity index is 578. The number of hydrogen-bond donors (Lipinski definition) is 2. The molecular weight excluding hydrogens is 272 g/mol. The zero-order chi connectivity index (χ0) is 15.5. The summed E-state index contributed by atoms with van der Waals surface area (Å²) in [4.78, 5) is 34.5. The molecule has 2 N–H and O–H groups in total. The largest absolute Gasteiger partial charge is 0.481 e. The Morgan fingerprint density at radius 3 is 2.52 bits per heavy atom. The van der Waals surface area contributed by atoms with Crippen LogP contribution in [0.5, 0.6) is 0 Å². The van der Waals surface area contributed by atoms with E-state index < -0.39 is 17.4 Å². The molecule has 1 unspecified atom stereocenters. The zero-order valence-electron chi connectivity index (χ0n) is 11.7. The van der Waals surface area contributed by atoms with Gasteiger partial charge >= 0.3 is 11.9 Å². The Morgan fingerprint density at radius 2 is 1.86 bits per heavy atom. The molecule has 0 fully saturated rings. The van der Waals surface area contributed by atoms with E-state index in [1.54, 1.807) is 12.1 Å². The van der Waals surface area contributed by atoms with Crippen LogP contribution in [-0.2, 0) is 16.0 Å². The standard InChI is InChI=1S/C16H18O5/c17-13(18)6-3-8-16(10-14(19)20)9-7-11-4-1-2-5-12(11)15(16)21/h1-2,4-5H,3,6-10H2,(H,17,18)(H,19,20). The minimum Gasteiger partial charge on any atom is -0.481 e. The van der Waals surface area contributed by atoms with Gasteiger partial charge in [-0.3, -0.25) is 14.4 Å². The summed E-state index contributed by atoms with van der Waals surface area (Å²) in [6.07, 6.45) is 1.46. The predicted molar refractivity (Wildman–Crippen MR) is 75.3 cm³/mol. The molecule has 112 valence electrons. The fraction of sp³-hybridized carbons (Fsp3) is 0.438. The van der Waals surface area contributed by atoms with Crippen molar-refractivity contribution in [1.29, 1.82) is 0 Å². The molecule has 0 saturated heterocycles. The minimum absolute atomic E-state index is 0.0453. The lowest BCUT2D eigenvalue weighted by atomic mass is 9.66. The van der Waals surface area contributed by atoms with E-state index >= 15 is 0 Å². The molecule has 1 aromatic carbocycles. The van der Waals surface area contributed by atoms with Gasteiger partial charge < -0.3 is 10.2 Å². The number of rotatable bonds is 6. The van der Waals surface area contributed by atoms with Gasteiger partial charge in [0.25, 0.3) is 0 Å². The zero-order valence-corrected chi connectivity index (χ0v) is 11.7. The van der Waals surface area contributed by atoms with Crippen LogP contribution in [0, 0.1) is 5.41 Å². The second kappa shape index (κ2) is 6.08. The number of carbonyl (C=O) groups excluding carboxylic acids is 1. The average Bonchev–Trinajstić information content (AvgIpc) is 2.42. The van der Waals surface area contributed by atoms with E-state index in [0.717, 1.165) is 5.56 Å². The van der Waals surface area contributed by atoms with Crippen molar-refractivity contribution in [3.8, 4) is 0 Å². The summed E-state index contributed by atoms with van der Waals surface area (Å²) in [6, 6.07) is 7.24. The normalized spacial score (nSPS) is 20.9. The van der Waals surface area contributed by atoms with Crippen LogP contribution in [0.15, 0.2) is 24.3 Å². The van der Waals surface area contributed by atoms with Crippen LogP contribution in [0.4, 0.5) is 0 Å². The van der Waals surface area contributed by atoms with E-state index in [2.05, 4.69) is 0 Å². The summed E-state index contributed by atoms with van der Waals surface area (Å²) in [5, 5.41) is 17.9. The first-order valence-corrected chi connectivity index (χ1v) is 7.01. The van der Waals surface area contributed by atoms with Crippen molar-refractivity contribution in [3.05, 3.63) is 35.4 Å². The number of aryl methyl sites for hydroxylation is 1. The highest BCUT2D eigenvalue weighted by atomic mass is 16.4. The summed E-state index contributed by atoms with van der Waals surface area (Å²) in [7, 11) is 0. The molecule has 1 aliphatic carbocycles. The highest BCUT2D eigenvalue weighted by Crippen LogP contribution is 2.42. The molecule has 1 aliphatic rings. The fourth-order valence-corrected chi connectivity index (χ4v) is 3.10. The molecule has 5 heteroatoms. The molecule has 2 rings (SSSR count). The Balaban J connectivity index is 2.26. The molecule has 0 aromatic heterocycles. The van der Waals surface area contributed by atoms with E-state index in [9.17, 15) is 14.4 Å². The van der Waals surface area contributed by atoms with Crippen LogP contribution in [-0.4, -0.2) is 27.9 Å². The van der Waals surface area contributed by atoms with Crippen LogP contribution < -0.4 is 0 Å². The average molecular weight is 290 g/mol. The molecule has 0 amide bonds. The van der Waals surface area contributed by atoms with Gasteiger partial charge in [-0.05, 0) is 31.2 Å². The van der Waals surface area contributed by atoms with Crippen molar-refractivity contribution in [3.63, 3.8) is 0 Å². The monoisotopic (exact) mass is 290 g/mol. The second-order valence-electron chi connectivity index (χ2n) is 5.58. The van der Waals surface area contributed by atoms with Crippen molar-refractivity contribution < 1.29 is 24.6 Å². The first-order chi connectivity index (χ1) is 9.94. The van der Waals surface area contributed by atoms with Gasteiger partial charge in [0.05, 0.1) is 6.42 Å². The Hall–Kier alpha value is -2.17. The lowest BCUT2D eigenvalue weighted by Gasteiger charge is -2.35. The number of benzene rings is 1. The number of ketones is 1. The van der Waals surface area contributed by atoms with Crippen molar-refractivity contribution in [2.45, 2.75) is 38.5 Å². The topological polar surface area (TPSA) is 91.7 Å². The molecule has 0 radical (unpaired) electrons. The van der Waals surface area contributed by atoms with Gasteiger partial charge in [-0.1, -0.05) is 24.3 Å². The third-order valence-corrected chi connectivity index (χ3v) is 4.15. The van der Waals surface area contributed by atoms with Crippen LogP contribution in [0.25, 0.3) is 0 Å². The highest BCUT2D eigenvalue weighted by Gasteiger charge is 2.43. The minimum atomic E-state index is -1.02. The van der Waals surface area contributed by atoms with E-state index in [-0.39, 0.29) is 18.6 Å². The smallest absolute Gasteiger partial charge is 0.304 e. The summed E-state index contributed by atoms with van der Waals surface area (Å²) in [5.41, 5.74) is 0.567. The lowest BCUT2D eigenvalue weighted by Crippen LogP contribution is -2.38. The van der Waals surface area contributed by atoms with Gasteiger partial charge in [0.2, 0.25) is 0 Å². The summed E-state index contributed by atoms with van der Waals surface area (Å²) >= 11 is 0. The second-order valence-corrected chi connectivity index (χ2v) is 5.58. The van der Waals surface area contributed by atoms with Gasteiger partial charge in [-0.25, -0.2) is 0 Å². The van der Waals surface area contributed by atoms with Gasteiger partial charge in [-0.15, -0.1) is 0 Å². The number of aliphatic carboxylic acids is 2. The molecule has 0 aliphatic heterocycles. The Labute approximate surface area is 122 Å². The van der Waals surface area contributed by atoms with E-state index in [4.69, 9.17) is 10.2 Å². The van der Waals surface area contributed by atoms with Gasteiger partial charge in [0.1, 0.15) is 0 Å². The van der Waals surface area contributed by atoms with Crippen molar-refractivity contribution in [1.82, 2.24) is 0 Å². The van der Waals surface area contributed by atoms with Crippen molar-refractivity contribution >= 4 is 17.7 Å². The quantitative estimate of drug-likeness (QED) is 0.840. The van der Waals surface area contributed by atoms with E-state index in [1.165, 1.54) is 0 Å². The third-order valence-electron chi connectivity index (χ3n) is 4.15. The lowest BCUT2D eigenvalue weighted by molar-refractivity contribution is -0.139. The Kier molecular flexibility index (Phi) is 4.40. The maximum absolute atomic E-state index is 12.7. The summed E-state index contributed by atoms with van der Waals surface area (Å²) in [6.45, 7) is 0. The molecular formula is C16H18O5. The number of carbonyl (C=O) groups is 3. The molecule has 0 saturated carbocycles.